The van der Waals surface area contributed by atoms with Gasteiger partial charge in [-0.1, -0.05) is 0 Å². The van der Waals surface area contributed by atoms with Crippen LogP contribution in [0.4, 0.5) is 5.82 Å². The Morgan fingerprint density at radius 3 is 2.83 bits per heavy atom. The molecule has 5 heteroatoms. The summed E-state index contributed by atoms with van der Waals surface area (Å²) < 4.78 is 5.44. The monoisotopic (exact) mass is 261 g/mol. The van der Waals surface area contributed by atoms with Crippen LogP contribution in [-0.4, -0.2) is 10.1 Å². The first kappa shape index (κ1) is 12.6. The number of thiocarbonyl (C=S) groups is 1. The van der Waals surface area contributed by atoms with Crippen molar-refractivity contribution in [3.05, 3.63) is 47.5 Å². The maximum absolute atomic E-state index is 5.44. The fourth-order valence-corrected chi connectivity index (χ4v) is 1.69. The third-order valence-electron chi connectivity index (χ3n) is 2.38. The summed E-state index contributed by atoms with van der Waals surface area (Å²) in [5, 5.41) is 6.62. The van der Waals surface area contributed by atoms with Crippen molar-refractivity contribution in [1.82, 2.24) is 10.3 Å². The van der Waals surface area contributed by atoms with Gasteiger partial charge >= 0.3 is 0 Å². The molecule has 2 rings (SSSR count). The minimum absolute atomic E-state index is 0.530. The van der Waals surface area contributed by atoms with Gasteiger partial charge in [0.25, 0.3) is 0 Å². The standard InChI is InChI=1S/C13H15N3OS/c1-9-5-6-14-12(7-9)16-13(18)15-8-11-4-3-10(2)17-11/h3-7H,8H2,1-2H3,(H2,14,15,16,18). The molecule has 0 spiro atoms. The molecule has 94 valence electrons. The van der Waals surface area contributed by atoms with Crippen LogP contribution in [0.1, 0.15) is 17.1 Å². The smallest absolute Gasteiger partial charge is 0.172 e. The van der Waals surface area contributed by atoms with E-state index >= 15 is 0 Å². The van der Waals surface area contributed by atoms with Crippen molar-refractivity contribution in [2.45, 2.75) is 20.4 Å². The first-order valence-corrected chi connectivity index (χ1v) is 6.07. The summed E-state index contributed by atoms with van der Waals surface area (Å²) in [5.41, 5.74) is 1.14. The average molecular weight is 261 g/mol. The van der Waals surface area contributed by atoms with Gasteiger partial charge in [-0.15, -0.1) is 0 Å². The Bertz CT molecular complexity index is 551. The van der Waals surface area contributed by atoms with Gasteiger partial charge in [0.05, 0.1) is 6.54 Å². The Balaban J connectivity index is 1.85. The molecule has 0 atom stereocenters. The second kappa shape index (κ2) is 5.64. The van der Waals surface area contributed by atoms with Crippen molar-refractivity contribution in [3.63, 3.8) is 0 Å². The molecule has 0 aliphatic carbocycles. The summed E-state index contributed by atoms with van der Waals surface area (Å²) in [6.07, 6.45) is 1.75. The molecule has 0 saturated carbocycles. The lowest BCUT2D eigenvalue weighted by molar-refractivity contribution is 0.478. The summed E-state index contributed by atoms with van der Waals surface area (Å²) >= 11 is 5.18. The van der Waals surface area contributed by atoms with E-state index in [-0.39, 0.29) is 0 Å². The molecule has 0 saturated heterocycles. The number of pyridine rings is 1. The lowest BCUT2D eigenvalue weighted by Crippen LogP contribution is -2.28. The van der Waals surface area contributed by atoms with Gasteiger partial charge in [-0.05, 0) is 55.9 Å². The molecule has 2 aromatic heterocycles. The third-order valence-corrected chi connectivity index (χ3v) is 2.62. The zero-order valence-electron chi connectivity index (χ0n) is 10.4. The van der Waals surface area contributed by atoms with Gasteiger partial charge < -0.3 is 15.1 Å². The SMILES string of the molecule is Cc1ccnc(NC(=S)NCc2ccc(C)o2)c1. The van der Waals surface area contributed by atoms with E-state index < -0.39 is 0 Å². The highest BCUT2D eigenvalue weighted by atomic mass is 32.1. The average Bonchev–Trinajstić information content (AvgIpc) is 2.73. The molecule has 4 nitrogen and oxygen atoms in total. The van der Waals surface area contributed by atoms with Crippen LogP contribution >= 0.6 is 12.2 Å². The van der Waals surface area contributed by atoms with Gasteiger partial charge in [0.15, 0.2) is 5.11 Å². The molecule has 18 heavy (non-hydrogen) atoms. The molecule has 2 N–H and O–H groups in total. The maximum Gasteiger partial charge on any atom is 0.172 e. The highest BCUT2D eigenvalue weighted by Gasteiger charge is 2.01. The molecule has 0 aliphatic rings. The maximum atomic E-state index is 5.44. The molecule has 0 unspecified atom stereocenters. The van der Waals surface area contributed by atoms with E-state index in [2.05, 4.69) is 15.6 Å². The van der Waals surface area contributed by atoms with Crippen LogP contribution in [0, 0.1) is 13.8 Å². The minimum atomic E-state index is 0.530. The van der Waals surface area contributed by atoms with Gasteiger partial charge in [-0.25, -0.2) is 4.98 Å². The van der Waals surface area contributed by atoms with Crippen LogP contribution in [0.2, 0.25) is 0 Å². The molecular weight excluding hydrogens is 246 g/mol. The van der Waals surface area contributed by atoms with Crippen molar-refractivity contribution in [3.8, 4) is 0 Å². The molecule has 2 heterocycles. The lowest BCUT2D eigenvalue weighted by Gasteiger charge is -2.08. The molecule has 0 amide bonds. The minimum Gasteiger partial charge on any atom is -0.465 e. The third kappa shape index (κ3) is 3.56. The predicted molar refractivity (Wildman–Crippen MR) is 75.5 cm³/mol. The van der Waals surface area contributed by atoms with Crippen molar-refractivity contribution in [1.29, 1.82) is 0 Å². The Morgan fingerprint density at radius 1 is 1.33 bits per heavy atom. The number of furan rings is 1. The van der Waals surface area contributed by atoms with E-state index in [1.54, 1.807) is 6.20 Å². The van der Waals surface area contributed by atoms with Gasteiger partial charge in [-0.2, -0.15) is 0 Å². The zero-order chi connectivity index (χ0) is 13.0. The molecular formula is C13H15N3OS. The Kier molecular flexibility index (Phi) is 3.94. The second-order valence-corrected chi connectivity index (χ2v) is 4.45. The van der Waals surface area contributed by atoms with Crippen molar-refractivity contribution >= 4 is 23.1 Å². The number of anilines is 1. The van der Waals surface area contributed by atoms with Gasteiger partial charge in [0, 0.05) is 6.20 Å². The largest absolute Gasteiger partial charge is 0.465 e. The topological polar surface area (TPSA) is 50.1 Å². The predicted octanol–water partition coefficient (Wildman–Crippen LogP) is 2.78. The summed E-state index contributed by atoms with van der Waals surface area (Å²) in [7, 11) is 0. The zero-order valence-corrected chi connectivity index (χ0v) is 11.2. The number of hydrogen-bond donors (Lipinski definition) is 2. The van der Waals surface area contributed by atoms with E-state index in [0.29, 0.717) is 11.7 Å². The molecule has 0 fully saturated rings. The van der Waals surface area contributed by atoms with Crippen LogP contribution in [0.15, 0.2) is 34.9 Å². The number of nitrogens with one attached hydrogen (secondary N) is 2. The highest BCUT2D eigenvalue weighted by molar-refractivity contribution is 7.80. The highest BCUT2D eigenvalue weighted by Crippen LogP contribution is 2.07. The van der Waals surface area contributed by atoms with Crippen LogP contribution in [0.25, 0.3) is 0 Å². The van der Waals surface area contributed by atoms with Crippen LogP contribution < -0.4 is 10.6 Å². The van der Waals surface area contributed by atoms with E-state index in [4.69, 9.17) is 16.6 Å². The number of hydrogen-bond acceptors (Lipinski definition) is 3. The van der Waals surface area contributed by atoms with Crippen molar-refractivity contribution in [2.24, 2.45) is 0 Å². The number of aromatic nitrogens is 1. The molecule has 0 radical (unpaired) electrons. The Labute approximate surface area is 111 Å². The number of nitrogens with zero attached hydrogens (tertiary/aromatic N) is 1. The Morgan fingerprint density at radius 2 is 2.17 bits per heavy atom. The van der Waals surface area contributed by atoms with E-state index in [1.807, 2.05) is 38.1 Å². The van der Waals surface area contributed by atoms with Crippen LogP contribution in [-0.2, 0) is 6.54 Å². The summed E-state index contributed by atoms with van der Waals surface area (Å²) in [6, 6.07) is 7.73. The second-order valence-electron chi connectivity index (χ2n) is 4.04. The molecule has 0 bridgehead atoms. The fourth-order valence-electron chi connectivity index (χ4n) is 1.51. The Hall–Kier alpha value is -1.88. The number of aryl methyl sites for hydroxylation is 2. The number of rotatable bonds is 3. The molecule has 0 aliphatic heterocycles. The molecule has 2 aromatic rings. The summed E-state index contributed by atoms with van der Waals surface area (Å²) in [6.45, 7) is 4.48. The van der Waals surface area contributed by atoms with E-state index in [0.717, 1.165) is 22.9 Å². The van der Waals surface area contributed by atoms with Gasteiger partial charge in [0.2, 0.25) is 0 Å². The summed E-state index contributed by atoms with van der Waals surface area (Å²) in [4.78, 5) is 4.18. The first-order valence-electron chi connectivity index (χ1n) is 5.66. The lowest BCUT2D eigenvalue weighted by atomic mass is 10.3. The summed E-state index contributed by atoms with van der Waals surface area (Å²) in [5.74, 6) is 2.49. The van der Waals surface area contributed by atoms with E-state index in [1.165, 1.54) is 0 Å². The van der Waals surface area contributed by atoms with Crippen molar-refractivity contribution in [2.75, 3.05) is 5.32 Å². The van der Waals surface area contributed by atoms with Gasteiger partial charge in [0.1, 0.15) is 17.3 Å². The van der Waals surface area contributed by atoms with Gasteiger partial charge in [-0.3, -0.25) is 0 Å². The quantitative estimate of drug-likeness (QED) is 0.832. The van der Waals surface area contributed by atoms with E-state index in [9.17, 15) is 0 Å². The normalized spacial score (nSPS) is 10.1. The van der Waals surface area contributed by atoms with Crippen LogP contribution in [0.5, 0.6) is 0 Å². The fraction of sp³-hybridized carbons (Fsp3) is 0.231. The molecule has 0 aromatic carbocycles. The first-order chi connectivity index (χ1) is 8.63. The van der Waals surface area contributed by atoms with Crippen molar-refractivity contribution < 1.29 is 4.42 Å². The van der Waals surface area contributed by atoms with Crippen LogP contribution in [0.3, 0.4) is 0 Å².